The first kappa shape index (κ1) is 14.2. The molecular weight excluding hydrogens is 278 g/mol. The van der Waals surface area contributed by atoms with E-state index in [1.807, 2.05) is 12.1 Å². The Morgan fingerprint density at radius 2 is 2.18 bits per heavy atom. The van der Waals surface area contributed by atoms with Crippen molar-refractivity contribution < 1.29 is 14.6 Å². The van der Waals surface area contributed by atoms with E-state index >= 15 is 0 Å². The molecule has 4 heteroatoms. The predicted molar refractivity (Wildman–Crippen MR) is 83.0 cm³/mol. The molecule has 0 aromatic heterocycles. The molecule has 1 saturated heterocycles. The van der Waals surface area contributed by atoms with Crippen LogP contribution in [0.2, 0.25) is 0 Å². The van der Waals surface area contributed by atoms with Gasteiger partial charge in [-0.15, -0.1) is 0 Å². The summed E-state index contributed by atoms with van der Waals surface area (Å²) in [7, 11) is 1.79. The molecule has 1 aromatic carbocycles. The number of methoxy groups -OCH3 is 1. The smallest absolute Gasteiger partial charge is 0.134 e. The van der Waals surface area contributed by atoms with Crippen LogP contribution in [0.15, 0.2) is 18.2 Å². The molecule has 3 aliphatic rings. The Labute approximate surface area is 130 Å². The number of carbonyl (C=O) groups is 1. The molecule has 1 aromatic rings. The van der Waals surface area contributed by atoms with Crippen LogP contribution < -0.4 is 5.32 Å². The first-order valence-corrected chi connectivity index (χ1v) is 8.16. The van der Waals surface area contributed by atoms with Crippen molar-refractivity contribution in [3.05, 3.63) is 29.3 Å². The zero-order valence-electron chi connectivity index (χ0n) is 13.2. The second kappa shape index (κ2) is 4.56. The maximum atomic E-state index is 12.4. The number of piperidine rings is 1. The van der Waals surface area contributed by atoms with Gasteiger partial charge < -0.3 is 15.2 Å². The van der Waals surface area contributed by atoms with Crippen molar-refractivity contribution in [2.45, 2.75) is 49.7 Å². The zero-order chi connectivity index (χ0) is 15.5. The van der Waals surface area contributed by atoms with E-state index in [1.54, 1.807) is 13.2 Å². The van der Waals surface area contributed by atoms with Crippen LogP contribution in [0.25, 0.3) is 0 Å². The number of benzene rings is 1. The van der Waals surface area contributed by atoms with Gasteiger partial charge in [0.1, 0.15) is 11.5 Å². The van der Waals surface area contributed by atoms with Crippen molar-refractivity contribution >= 4 is 5.78 Å². The molecule has 0 amide bonds. The maximum absolute atomic E-state index is 12.4. The van der Waals surface area contributed by atoms with Crippen LogP contribution in [-0.4, -0.2) is 36.2 Å². The average molecular weight is 301 g/mol. The highest BCUT2D eigenvalue weighted by Gasteiger charge is 2.66. The molecule has 0 spiro atoms. The van der Waals surface area contributed by atoms with Gasteiger partial charge >= 0.3 is 0 Å². The standard InChI is InChI=1S/C18H23NO3/c1-11-7-14(21)10-17-5-6-19-16(18(11,17)22-2)8-12-3-4-13(20)9-15(12)17/h3-4,9,11,16,19-20H,5-8,10H2,1-2H3/t11-,16-,17+,18-/m1/s1. The number of phenolic OH excluding ortho intramolecular Hbond substituents is 1. The lowest BCUT2D eigenvalue weighted by atomic mass is 9.47. The molecule has 2 N–H and O–H groups in total. The topological polar surface area (TPSA) is 58.6 Å². The van der Waals surface area contributed by atoms with Crippen molar-refractivity contribution in [2.24, 2.45) is 5.92 Å². The third-order valence-electron chi connectivity index (χ3n) is 6.34. The Hall–Kier alpha value is -1.39. The highest BCUT2D eigenvalue weighted by Crippen LogP contribution is 2.59. The van der Waals surface area contributed by atoms with E-state index < -0.39 is 0 Å². The number of hydrogen-bond acceptors (Lipinski definition) is 4. The Bertz CT molecular complexity index is 643. The molecule has 4 rings (SSSR count). The fourth-order valence-corrected chi connectivity index (χ4v) is 5.69. The third kappa shape index (κ3) is 1.52. The van der Waals surface area contributed by atoms with E-state index in [9.17, 15) is 9.90 Å². The van der Waals surface area contributed by atoms with Crippen molar-refractivity contribution in [1.82, 2.24) is 5.32 Å². The molecular formula is C18H23NO3. The predicted octanol–water partition coefficient (Wildman–Crippen LogP) is 1.93. The van der Waals surface area contributed by atoms with Crippen LogP contribution in [0, 0.1) is 5.92 Å². The SMILES string of the molecule is CO[C@@]12[C@H](C)CC(=O)C[C@]13CCN[C@@H]2Cc1ccc(O)cc13. The van der Waals surface area contributed by atoms with Crippen LogP contribution in [0.5, 0.6) is 5.75 Å². The van der Waals surface area contributed by atoms with Gasteiger partial charge in [0.2, 0.25) is 0 Å². The summed E-state index contributed by atoms with van der Waals surface area (Å²) in [5.41, 5.74) is 1.70. The number of Topliss-reactive ketones (excluding diaryl/α,β-unsaturated/α-hetero) is 1. The summed E-state index contributed by atoms with van der Waals surface area (Å²) in [6, 6.07) is 5.86. The van der Waals surface area contributed by atoms with E-state index in [2.05, 4.69) is 12.2 Å². The summed E-state index contributed by atoms with van der Waals surface area (Å²) < 4.78 is 6.20. The van der Waals surface area contributed by atoms with Gasteiger partial charge in [-0.25, -0.2) is 0 Å². The van der Waals surface area contributed by atoms with Crippen molar-refractivity contribution in [1.29, 1.82) is 0 Å². The third-order valence-corrected chi connectivity index (χ3v) is 6.34. The van der Waals surface area contributed by atoms with Gasteiger partial charge in [0, 0.05) is 31.4 Å². The van der Waals surface area contributed by atoms with Crippen LogP contribution >= 0.6 is 0 Å². The van der Waals surface area contributed by atoms with E-state index in [0.717, 1.165) is 24.9 Å². The molecule has 22 heavy (non-hydrogen) atoms. The molecule has 0 radical (unpaired) electrons. The van der Waals surface area contributed by atoms with Gasteiger partial charge in [0.05, 0.1) is 5.60 Å². The van der Waals surface area contributed by atoms with Gasteiger partial charge in [-0.2, -0.15) is 0 Å². The molecule has 1 heterocycles. The van der Waals surface area contributed by atoms with E-state index in [-0.39, 0.29) is 28.7 Å². The normalized spacial score (nSPS) is 40.0. The van der Waals surface area contributed by atoms with Gasteiger partial charge in [0.15, 0.2) is 0 Å². The first-order chi connectivity index (χ1) is 10.5. The minimum atomic E-state index is -0.361. The Kier molecular flexibility index (Phi) is 2.94. The number of ketones is 1. The number of hydrogen-bond donors (Lipinski definition) is 2. The number of rotatable bonds is 1. The summed E-state index contributed by atoms with van der Waals surface area (Å²) in [5, 5.41) is 13.7. The van der Waals surface area contributed by atoms with Crippen molar-refractivity contribution in [3.8, 4) is 5.75 Å². The summed E-state index contributed by atoms with van der Waals surface area (Å²) in [6.45, 7) is 3.04. The van der Waals surface area contributed by atoms with Crippen LogP contribution in [0.1, 0.15) is 37.3 Å². The molecule has 4 nitrogen and oxygen atoms in total. The minimum absolute atomic E-state index is 0.173. The highest BCUT2D eigenvalue weighted by molar-refractivity contribution is 5.83. The van der Waals surface area contributed by atoms with Crippen LogP contribution in [0.4, 0.5) is 0 Å². The van der Waals surface area contributed by atoms with Gasteiger partial charge in [-0.1, -0.05) is 13.0 Å². The molecule has 1 saturated carbocycles. The summed E-state index contributed by atoms with van der Waals surface area (Å²) in [4.78, 5) is 12.4. The number of nitrogens with one attached hydrogen (secondary N) is 1. The van der Waals surface area contributed by atoms with Gasteiger partial charge in [-0.05, 0) is 48.6 Å². The van der Waals surface area contributed by atoms with E-state index in [4.69, 9.17) is 4.74 Å². The first-order valence-electron chi connectivity index (χ1n) is 8.16. The zero-order valence-corrected chi connectivity index (χ0v) is 13.2. The Morgan fingerprint density at radius 3 is 2.95 bits per heavy atom. The molecule has 4 atom stereocenters. The van der Waals surface area contributed by atoms with Crippen molar-refractivity contribution in [3.63, 3.8) is 0 Å². The Morgan fingerprint density at radius 1 is 1.36 bits per heavy atom. The molecule has 2 fully saturated rings. The lowest BCUT2D eigenvalue weighted by Crippen LogP contribution is -2.76. The number of aromatic hydroxyl groups is 1. The number of fused-ring (bicyclic) bond motifs is 1. The quantitative estimate of drug-likeness (QED) is 0.832. The van der Waals surface area contributed by atoms with Gasteiger partial charge in [0.25, 0.3) is 0 Å². The largest absolute Gasteiger partial charge is 0.508 e. The highest BCUT2D eigenvalue weighted by atomic mass is 16.5. The monoisotopic (exact) mass is 301 g/mol. The summed E-state index contributed by atoms with van der Waals surface area (Å²) in [5.74, 6) is 0.768. The van der Waals surface area contributed by atoms with Gasteiger partial charge in [-0.3, -0.25) is 4.79 Å². The van der Waals surface area contributed by atoms with Crippen LogP contribution in [-0.2, 0) is 21.4 Å². The molecule has 1 aliphatic heterocycles. The van der Waals surface area contributed by atoms with Crippen LogP contribution in [0.3, 0.4) is 0 Å². The summed E-state index contributed by atoms with van der Waals surface area (Å²) in [6.07, 6.45) is 2.88. The average Bonchev–Trinajstić information content (AvgIpc) is 2.47. The number of ether oxygens (including phenoxy) is 1. The lowest BCUT2D eigenvalue weighted by molar-refractivity contribution is -0.182. The second-order valence-electron chi connectivity index (χ2n) is 7.20. The Balaban J connectivity index is 2.02. The second-order valence-corrected chi connectivity index (χ2v) is 7.20. The lowest BCUT2D eigenvalue weighted by Gasteiger charge is -2.64. The fourth-order valence-electron chi connectivity index (χ4n) is 5.69. The molecule has 118 valence electrons. The number of carbonyl (C=O) groups excluding carboxylic acids is 1. The van der Waals surface area contributed by atoms with E-state index in [0.29, 0.717) is 18.6 Å². The molecule has 0 unspecified atom stereocenters. The van der Waals surface area contributed by atoms with E-state index in [1.165, 1.54) is 5.56 Å². The molecule has 2 bridgehead atoms. The fraction of sp³-hybridized carbons (Fsp3) is 0.611. The number of phenols is 1. The maximum Gasteiger partial charge on any atom is 0.134 e. The van der Waals surface area contributed by atoms with Crippen molar-refractivity contribution in [2.75, 3.05) is 13.7 Å². The minimum Gasteiger partial charge on any atom is -0.508 e. The summed E-state index contributed by atoms with van der Waals surface area (Å²) >= 11 is 0. The molecule has 2 aliphatic carbocycles.